The van der Waals surface area contributed by atoms with Crippen molar-refractivity contribution in [1.82, 2.24) is 0 Å². The van der Waals surface area contributed by atoms with E-state index in [0.717, 1.165) is 40.8 Å². The lowest BCUT2D eigenvalue weighted by Crippen LogP contribution is -2.29. The maximum Gasteiger partial charge on any atom is 0.488 e. The standard InChI is InChI=1S/C24H28B2O5/c1-2-3-4-5-16-31-24-15-10-20(18-6-11-21(12-7-18)25(27)28)17-23(24)19-8-13-22(14-9-19)26(29)30/h6-15,17,27-30H,2-5,16H2,1H3. The van der Waals surface area contributed by atoms with E-state index < -0.39 is 14.2 Å². The summed E-state index contributed by atoms with van der Waals surface area (Å²) in [6.07, 6.45) is 4.50. The zero-order valence-electron chi connectivity index (χ0n) is 17.7. The highest BCUT2D eigenvalue weighted by molar-refractivity contribution is 6.58. The molecular weight excluding hydrogens is 390 g/mol. The molecule has 31 heavy (non-hydrogen) atoms. The van der Waals surface area contributed by atoms with Gasteiger partial charge in [0.05, 0.1) is 6.61 Å². The first-order valence-corrected chi connectivity index (χ1v) is 10.7. The van der Waals surface area contributed by atoms with Crippen LogP contribution in [0.15, 0.2) is 66.7 Å². The Hall–Kier alpha value is -2.57. The lowest BCUT2D eigenvalue weighted by atomic mass is 9.79. The molecule has 0 atom stereocenters. The largest absolute Gasteiger partial charge is 0.493 e. The molecule has 160 valence electrons. The van der Waals surface area contributed by atoms with Gasteiger partial charge in [0, 0.05) is 5.56 Å². The Balaban J connectivity index is 1.91. The van der Waals surface area contributed by atoms with Crippen molar-refractivity contribution in [2.24, 2.45) is 0 Å². The molecule has 0 aliphatic heterocycles. The Morgan fingerprint density at radius 2 is 1.19 bits per heavy atom. The van der Waals surface area contributed by atoms with Crippen molar-refractivity contribution in [2.75, 3.05) is 6.61 Å². The molecule has 0 aliphatic rings. The zero-order chi connectivity index (χ0) is 22.2. The summed E-state index contributed by atoms with van der Waals surface area (Å²) in [6, 6.07) is 20.1. The van der Waals surface area contributed by atoms with Crippen molar-refractivity contribution in [1.29, 1.82) is 0 Å². The number of hydrogen-bond donors (Lipinski definition) is 4. The van der Waals surface area contributed by atoms with Crippen molar-refractivity contribution in [3.63, 3.8) is 0 Å². The predicted molar refractivity (Wildman–Crippen MR) is 127 cm³/mol. The lowest BCUT2D eigenvalue weighted by Gasteiger charge is -2.15. The normalized spacial score (nSPS) is 10.7. The van der Waals surface area contributed by atoms with Crippen LogP contribution in [0.25, 0.3) is 22.3 Å². The molecule has 3 rings (SSSR count). The molecule has 0 bridgehead atoms. The summed E-state index contributed by atoms with van der Waals surface area (Å²) in [7, 11) is -3.00. The Morgan fingerprint density at radius 1 is 0.645 bits per heavy atom. The Labute approximate surface area is 184 Å². The summed E-state index contributed by atoms with van der Waals surface area (Å²) in [4.78, 5) is 0. The van der Waals surface area contributed by atoms with Crippen molar-refractivity contribution in [3.05, 3.63) is 66.7 Å². The van der Waals surface area contributed by atoms with Gasteiger partial charge < -0.3 is 24.8 Å². The van der Waals surface area contributed by atoms with E-state index in [1.54, 1.807) is 24.3 Å². The molecule has 0 spiro atoms. The van der Waals surface area contributed by atoms with E-state index in [4.69, 9.17) is 4.74 Å². The summed E-state index contributed by atoms with van der Waals surface area (Å²) in [5, 5.41) is 37.4. The molecule has 0 saturated heterocycles. The first kappa shape index (κ1) is 23.1. The van der Waals surface area contributed by atoms with Crippen LogP contribution < -0.4 is 15.7 Å². The molecule has 0 aliphatic carbocycles. The quantitative estimate of drug-likeness (QED) is 0.300. The van der Waals surface area contributed by atoms with Gasteiger partial charge in [0.25, 0.3) is 0 Å². The van der Waals surface area contributed by atoms with E-state index in [1.165, 1.54) is 12.8 Å². The summed E-state index contributed by atoms with van der Waals surface area (Å²) >= 11 is 0. The highest BCUT2D eigenvalue weighted by atomic mass is 16.5. The fraction of sp³-hybridized carbons (Fsp3) is 0.250. The molecule has 4 N–H and O–H groups in total. The van der Waals surface area contributed by atoms with E-state index in [1.807, 2.05) is 42.5 Å². The Kier molecular flexibility index (Phi) is 8.32. The molecule has 0 aromatic heterocycles. The third-order valence-electron chi connectivity index (χ3n) is 5.30. The first-order valence-electron chi connectivity index (χ1n) is 10.7. The molecule has 0 heterocycles. The average Bonchev–Trinajstić information content (AvgIpc) is 2.79. The van der Waals surface area contributed by atoms with Gasteiger partial charge in [-0.25, -0.2) is 0 Å². The first-order chi connectivity index (χ1) is 15.0. The number of unbranched alkanes of at least 4 members (excludes halogenated alkanes) is 3. The summed E-state index contributed by atoms with van der Waals surface area (Å²) < 4.78 is 6.09. The van der Waals surface area contributed by atoms with Crippen LogP contribution in [-0.2, 0) is 0 Å². The highest BCUT2D eigenvalue weighted by Gasteiger charge is 2.14. The predicted octanol–water partition coefficient (Wildman–Crippen LogP) is 2.34. The maximum atomic E-state index is 9.38. The molecule has 0 amide bonds. The van der Waals surface area contributed by atoms with Crippen molar-refractivity contribution >= 4 is 25.2 Å². The van der Waals surface area contributed by atoms with Crippen LogP contribution in [0, 0.1) is 0 Å². The summed E-state index contributed by atoms with van der Waals surface area (Å²) in [5.41, 5.74) is 4.62. The topological polar surface area (TPSA) is 90.2 Å². The van der Waals surface area contributed by atoms with Gasteiger partial charge in [-0.05, 0) is 46.2 Å². The molecule has 0 fully saturated rings. The van der Waals surface area contributed by atoms with Gasteiger partial charge >= 0.3 is 14.2 Å². The number of benzene rings is 3. The van der Waals surface area contributed by atoms with Gasteiger partial charge in [0.15, 0.2) is 0 Å². The third-order valence-corrected chi connectivity index (χ3v) is 5.30. The third kappa shape index (κ3) is 6.21. The molecule has 0 radical (unpaired) electrons. The van der Waals surface area contributed by atoms with Crippen LogP contribution in [0.2, 0.25) is 0 Å². The van der Waals surface area contributed by atoms with Gasteiger partial charge in [-0.1, -0.05) is 80.8 Å². The summed E-state index contributed by atoms with van der Waals surface area (Å²) in [6.45, 7) is 2.82. The van der Waals surface area contributed by atoms with Crippen LogP contribution >= 0.6 is 0 Å². The van der Waals surface area contributed by atoms with Crippen LogP contribution in [0.5, 0.6) is 5.75 Å². The molecule has 0 saturated carbocycles. The van der Waals surface area contributed by atoms with E-state index in [9.17, 15) is 20.1 Å². The molecular formula is C24H28B2O5. The second-order valence-electron chi connectivity index (χ2n) is 7.61. The van der Waals surface area contributed by atoms with E-state index in [-0.39, 0.29) is 0 Å². The SMILES string of the molecule is CCCCCCOc1ccc(-c2ccc(B(O)O)cc2)cc1-c1ccc(B(O)O)cc1. The summed E-state index contributed by atoms with van der Waals surface area (Å²) in [5.74, 6) is 0.778. The van der Waals surface area contributed by atoms with Crippen molar-refractivity contribution in [3.8, 4) is 28.0 Å². The fourth-order valence-corrected chi connectivity index (χ4v) is 3.45. The lowest BCUT2D eigenvalue weighted by molar-refractivity contribution is 0.306. The smallest absolute Gasteiger partial charge is 0.488 e. The maximum absolute atomic E-state index is 9.38. The zero-order valence-corrected chi connectivity index (χ0v) is 17.7. The molecule has 3 aromatic carbocycles. The van der Waals surface area contributed by atoms with Gasteiger partial charge in [0.2, 0.25) is 0 Å². The van der Waals surface area contributed by atoms with Gasteiger partial charge in [-0.2, -0.15) is 0 Å². The van der Waals surface area contributed by atoms with E-state index in [2.05, 4.69) is 6.92 Å². The second kappa shape index (κ2) is 11.2. The highest BCUT2D eigenvalue weighted by Crippen LogP contribution is 2.34. The Bertz CT molecular complexity index is 957. The molecule has 7 heteroatoms. The minimum Gasteiger partial charge on any atom is -0.493 e. The van der Waals surface area contributed by atoms with Gasteiger partial charge in [0.1, 0.15) is 5.75 Å². The number of rotatable bonds is 10. The van der Waals surface area contributed by atoms with Crippen molar-refractivity contribution < 1.29 is 24.8 Å². The minimum atomic E-state index is -1.50. The molecule has 0 unspecified atom stereocenters. The van der Waals surface area contributed by atoms with Crippen LogP contribution in [0.1, 0.15) is 32.6 Å². The monoisotopic (exact) mass is 418 g/mol. The van der Waals surface area contributed by atoms with Crippen LogP contribution in [0.3, 0.4) is 0 Å². The minimum absolute atomic E-state index is 0.431. The molecule has 3 aromatic rings. The van der Waals surface area contributed by atoms with Crippen molar-refractivity contribution in [2.45, 2.75) is 32.6 Å². The average molecular weight is 418 g/mol. The number of hydrogen-bond acceptors (Lipinski definition) is 5. The van der Waals surface area contributed by atoms with E-state index >= 15 is 0 Å². The molecule has 5 nitrogen and oxygen atoms in total. The van der Waals surface area contributed by atoms with E-state index in [0.29, 0.717) is 17.5 Å². The number of ether oxygens (including phenoxy) is 1. The van der Waals surface area contributed by atoms with Gasteiger partial charge in [-0.15, -0.1) is 0 Å². The second-order valence-corrected chi connectivity index (χ2v) is 7.61. The Morgan fingerprint density at radius 3 is 1.74 bits per heavy atom. The van der Waals surface area contributed by atoms with Gasteiger partial charge in [-0.3, -0.25) is 0 Å². The van der Waals surface area contributed by atoms with Crippen LogP contribution in [0.4, 0.5) is 0 Å². The fourth-order valence-electron chi connectivity index (χ4n) is 3.45. The van der Waals surface area contributed by atoms with Crippen LogP contribution in [-0.4, -0.2) is 40.9 Å².